The molecular formula is C21H27BrF4N2O2. The van der Waals surface area contributed by atoms with Gasteiger partial charge in [0.1, 0.15) is 5.60 Å². The van der Waals surface area contributed by atoms with Gasteiger partial charge in [0.05, 0.1) is 16.9 Å². The zero-order valence-corrected chi connectivity index (χ0v) is 18.9. The molecule has 3 rings (SSSR count). The van der Waals surface area contributed by atoms with Gasteiger partial charge in [0.25, 0.3) is 5.92 Å². The van der Waals surface area contributed by atoms with Crippen LogP contribution in [0.15, 0.2) is 16.6 Å². The number of hydrogen-bond acceptors (Lipinski definition) is 3. The smallest absolute Gasteiger partial charge is 0.410 e. The molecule has 0 radical (unpaired) electrons. The van der Waals surface area contributed by atoms with Gasteiger partial charge >= 0.3 is 6.09 Å². The summed E-state index contributed by atoms with van der Waals surface area (Å²) in [5.74, 6) is -6.90. The minimum absolute atomic E-state index is 0.0390. The molecule has 0 N–H and O–H groups in total. The number of likely N-dealkylation sites (tertiary alicyclic amines) is 2. The Bertz CT molecular complexity index is 792. The third-order valence-corrected chi connectivity index (χ3v) is 6.31. The van der Waals surface area contributed by atoms with E-state index in [9.17, 15) is 22.4 Å². The predicted molar refractivity (Wildman–Crippen MR) is 109 cm³/mol. The number of carbonyl (C=O) groups is 1. The Morgan fingerprint density at radius 1 is 1.10 bits per heavy atom. The summed E-state index contributed by atoms with van der Waals surface area (Å²) in [7, 11) is 0. The average Bonchev–Trinajstić information content (AvgIpc) is 2.65. The second kappa shape index (κ2) is 8.65. The van der Waals surface area contributed by atoms with E-state index in [1.165, 1.54) is 12.1 Å². The van der Waals surface area contributed by atoms with Crippen LogP contribution in [0.3, 0.4) is 0 Å². The third kappa shape index (κ3) is 5.10. The maximum Gasteiger partial charge on any atom is 0.410 e. The minimum Gasteiger partial charge on any atom is -0.444 e. The molecule has 2 aliphatic rings. The summed E-state index contributed by atoms with van der Waals surface area (Å²) in [6.45, 7) is 6.13. The van der Waals surface area contributed by atoms with Crippen LogP contribution in [0.2, 0.25) is 0 Å². The first kappa shape index (κ1) is 23.3. The molecule has 4 nitrogen and oxygen atoms in total. The number of benzene rings is 1. The molecule has 2 heterocycles. The van der Waals surface area contributed by atoms with Crippen molar-refractivity contribution >= 4 is 22.0 Å². The van der Waals surface area contributed by atoms with Gasteiger partial charge in [-0.3, -0.25) is 4.90 Å². The molecule has 2 aliphatic heterocycles. The Morgan fingerprint density at radius 3 is 2.30 bits per heavy atom. The summed E-state index contributed by atoms with van der Waals surface area (Å²) in [5.41, 5.74) is -0.861. The summed E-state index contributed by atoms with van der Waals surface area (Å²) in [4.78, 5) is 15.5. The van der Waals surface area contributed by atoms with Crippen molar-refractivity contribution in [2.24, 2.45) is 0 Å². The first-order valence-corrected chi connectivity index (χ1v) is 10.9. The first-order valence-electron chi connectivity index (χ1n) is 10.1. The number of piperidine rings is 2. The summed E-state index contributed by atoms with van der Waals surface area (Å²) in [6.07, 6.45) is 0.789. The maximum absolute atomic E-state index is 14.9. The molecule has 0 aromatic heterocycles. The van der Waals surface area contributed by atoms with Crippen LogP contribution in [0.25, 0.3) is 0 Å². The molecule has 2 fully saturated rings. The fraction of sp³-hybridized carbons (Fsp3) is 0.667. The number of rotatable bonds is 2. The molecule has 0 unspecified atom stereocenters. The lowest BCUT2D eigenvalue weighted by molar-refractivity contribution is -0.0984. The molecular weight excluding hydrogens is 468 g/mol. The van der Waals surface area contributed by atoms with Gasteiger partial charge in [-0.15, -0.1) is 0 Å². The third-order valence-electron chi connectivity index (χ3n) is 5.70. The highest BCUT2D eigenvalue weighted by Crippen LogP contribution is 2.43. The van der Waals surface area contributed by atoms with E-state index in [1.54, 1.807) is 30.6 Å². The first-order chi connectivity index (χ1) is 13.9. The second-order valence-electron chi connectivity index (χ2n) is 9.04. The summed E-state index contributed by atoms with van der Waals surface area (Å²) < 4.78 is 63.3. The Balaban J connectivity index is 1.62. The lowest BCUT2D eigenvalue weighted by Crippen LogP contribution is -2.54. The van der Waals surface area contributed by atoms with Crippen LogP contribution in [0.4, 0.5) is 22.4 Å². The van der Waals surface area contributed by atoms with Gasteiger partial charge in [-0.1, -0.05) is 6.07 Å². The Kier molecular flexibility index (Phi) is 6.72. The Labute approximate surface area is 182 Å². The lowest BCUT2D eigenvalue weighted by Gasteiger charge is -2.44. The largest absolute Gasteiger partial charge is 0.444 e. The van der Waals surface area contributed by atoms with Gasteiger partial charge in [-0.25, -0.2) is 22.4 Å². The molecule has 0 bridgehead atoms. The van der Waals surface area contributed by atoms with Crippen LogP contribution in [0, 0.1) is 11.6 Å². The Hall–Kier alpha value is -1.35. The van der Waals surface area contributed by atoms with Gasteiger partial charge in [-0.2, -0.15) is 0 Å². The van der Waals surface area contributed by atoms with Crippen molar-refractivity contribution in [3.63, 3.8) is 0 Å². The highest BCUT2D eigenvalue weighted by Gasteiger charge is 2.48. The van der Waals surface area contributed by atoms with Gasteiger partial charge in [0, 0.05) is 24.7 Å². The van der Waals surface area contributed by atoms with Crippen molar-refractivity contribution < 1.29 is 27.1 Å². The number of halogens is 5. The fourth-order valence-corrected chi connectivity index (χ4v) is 4.52. The van der Waals surface area contributed by atoms with Gasteiger partial charge in [0.15, 0.2) is 11.6 Å². The van der Waals surface area contributed by atoms with Gasteiger partial charge in [-0.05, 0) is 68.6 Å². The zero-order chi connectivity index (χ0) is 22.3. The number of amides is 1. The lowest BCUT2D eigenvalue weighted by atomic mass is 9.84. The van der Waals surface area contributed by atoms with E-state index in [0.717, 1.165) is 0 Å². The van der Waals surface area contributed by atoms with Crippen molar-refractivity contribution in [3.05, 3.63) is 33.8 Å². The van der Waals surface area contributed by atoms with Crippen LogP contribution >= 0.6 is 15.9 Å². The van der Waals surface area contributed by atoms with Crippen LogP contribution < -0.4 is 0 Å². The average molecular weight is 495 g/mol. The Morgan fingerprint density at radius 2 is 1.73 bits per heavy atom. The van der Waals surface area contributed by atoms with Crippen LogP contribution in [0.1, 0.15) is 51.5 Å². The quantitative estimate of drug-likeness (QED) is 0.399. The maximum atomic E-state index is 14.9. The molecule has 2 saturated heterocycles. The van der Waals surface area contributed by atoms with E-state index in [2.05, 4.69) is 15.9 Å². The molecule has 1 aromatic rings. The summed E-state index contributed by atoms with van der Waals surface area (Å²) in [6, 6.07) is 2.42. The summed E-state index contributed by atoms with van der Waals surface area (Å²) >= 11 is 2.88. The highest BCUT2D eigenvalue weighted by atomic mass is 79.9. The van der Waals surface area contributed by atoms with Crippen LogP contribution in [0.5, 0.6) is 0 Å². The van der Waals surface area contributed by atoms with E-state index < -0.39 is 41.7 Å². The van der Waals surface area contributed by atoms with E-state index in [1.807, 2.05) is 0 Å². The van der Waals surface area contributed by atoms with E-state index >= 15 is 0 Å². The molecule has 168 valence electrons. The van der Waals surface area contributed by atoms with E-state index in [0.29, 0.717) is 32.5 Å². The number of ether oxygens (including phenoxy) is 1. The molecule has 1 amide bonds. The normalized spacial score (nSPS) is 23.5. The van der Waals surface area contributed by atoms with Crippen molar-refractivity contribution in [2.75, 3.05) is 26.2 Å². The topological polar surface area (TPSA) is 32.8 Å². The SMILES string of the molecule is CC(C)(C)OC(=O)N1CCC(N2CC[C@H](c3ccc(Br)c(F)c3F)C(F)(F)C2)CC1. The van der Waals surface area contributed by atoms with Gasteiger partial charge < -0.3 is 9.64 Å². The van der Waals surface area contributed by atoms with Gasteiger partial charge in [0.2, 0.25) is 0 Å². The molecule has 30 heavy (non-hydrogen) atoms. The second-order valence-corrected chi connectivity index (χ2v) is 9.89. The minimum atomic E-state index is -3.18. The van der Waals surface area contributed by atoms with E-state index in [4.69, 9.17) is 4.74 Å². The number of nitrogens with zero attached hydrogens (tertiary/aromatic N) is 2. The molecule has 0 aliphatic carbocycles. The van der Waals surface area contributed by atoms with Crippen molar-refractivity contribution in [1.82, 2.24) is 9.80 Å². The van der Waals surface area contributed by atoms with Crippen molar-refractivity contribution in [3.8, 4) is 0 Å². The zero-order valence-electron chi connectivity index (χ0n) is 17.4. The van der Waals surface area contributed by atoms with Crippen molar-refractivity contribution in [1.29, 1.82) is 0 Å². The molecule has 0 spiro atoms. The molecule has 1 atom stereocenters. The number of hydrogen-bond donors (Lipinski definition) is 0. The molecule has 0 saturated carbocycles. The fourth-order valence-electron chi connectivity index (χ4n) is 4.21. The molecule has 9 heteroatoms. The molecule has 1 aromatic carbocycles. The number of alkyl halides is 2. The standard InChI is InChI=1S/C21H27BrF4N2O2/c1-20(2,3)30-19(29)27-9-6-13(7-10-27)28-11-8-15(21(25,26)12-28)14-4-5-16(22)18(24)17(14)23/h4-5,13,15H,6-12H2,1-3H3/t15-/m1/s1. The summed E-state index contributed by atoms with van der Waals surface area (Å²) in [5, 5.41) is 0. The van der Waals surface area contributed by atoms with Crippen LogP contribution in [-0.2, 0) is 4.74 Å². The van der Waals surface area contributed by atoms with Crippen LogP contribution in [-0.4, -0.2) is 59.6 Å². The highest BCUT2D eigenvalue weighted by molar-refractivity contribution is 9.10. The van der Waals surface area contributed by atoms with Crippen molar-refractivity contribution in [2.45, 2.75) is 63.5 Å². The monoisotopic (exact) mass is 494 g/mol. The van der Waals surface area contributed by atoms with E-state index in [-0.39, 0.29) is 22.5 Å². The number of carbonyl (C=O) groups excluding carboxylic acids is 1. The predicted octanol–water partition coefficient (Wildman–Crippen LogP) is 5.55.